The molecule has 3 amide bonds. The number of hydrogen-bond acceptors (Lipinski definition) is 5. The van der Waals surface area contributed by atoms with Crippen LogP contribution in [0.4, 0.5) is 4.79 Å². The minimum absolute atomic E-state index is 0.116. The van der Waals surface area contributed by atoms with Gasteiger partial charge in [0.05, 0.1) is 17.8 Å². The second-order valence-electron chi connectivity index (χ2n) is 6.04. The maximum absolute atomic E-state index is 12.2. The largest absolute Gasteiger partial charge is 0.455 e. The van der Waals surface area contributed by atoms with Gasteiger partial charge in [-0.05, 0) is 24.3 Å². The summed E-state index contributed by atoms with van der Waals surface area (Å²) in [7, 11) is 0. The predicted molar refractivity (Wildman–Crippen MR) is 106 cm³/mol. The van der Waals surface area contributed by atoms with Crippen LogP contribution < -0.4 is 11.1 Å². The highest BCUT2D eigenvalue weighted by atomic mass is 35.5. The number of imide groups is 1. The number of halogens is 1. The van der Waals surface area contributed by atoms with Crippen molar-refractivity contribution in [1.82, 2.24) is 15.1 Å². The van der Waals surface area contributed by atoms with E-state index in [1.807, 2.05) is 35.6 Å². The summed E-state index contributed by atoms with van der Waals surface area (Å²) in [6.07, 6.45) is 1.61. The Morgan fingerprint density at radius 3 is 2.41 bits per heavy atom. The van der Waals surface area contributed by atoms with E-state index in [0.29, 0.717) is 16.3 Å². The van der Waals surface area contributed by atoms with Crippen LogP contribution in [0, 0.1) is 0 Å². The van der Waals surface area contributed by atoms with E-state index in [1.54, 1.807) is 35.1 Å². The monoisotopic (exact) mass is 412 g/mol. The fourth-order valence-corrected chi connectivity index (χ4v) is 2.75. The highest BCUT2D eigenvalue weighted by Crippen LogP contribution is 2.26. The molecule has 8 nitrogen and oxygen atoms in total. The van der Waals surface area contributed by atoms with Crippen LogP contribution in [0.2, 0.25) is 5.02 Å². The summed E-state index contributed by atoms with van der Waals surface area (Å²) in [5.41, 5.74) is 7.64. The topological polar surface area (TPSA) is 116 Å². The predicted octanol–water partition coefficient (Wildman–Crippen LogP) is 2.47. The number of esters is 1. The molecule has 3 rings (SSSR count). The number of ether oxygens (including phenoxy) is 1. The number of para-hydroxylation sites is 1. The average molecular weight is 413 g/mol. The summed E-state index contributed by atoms with van der Waals surface area (Å²) in [6, 6.07) is 15.5. The van der Waals surface area contributed by atoms with Crippen LogP contribution in [-0.2, 0) is 20.7 Å². The zero-order chi connectivity index (χ0) is 20.8. The van der Waals surface area contributed by atoms with E-state index in [9.17, 15) is 14.4 Å². The number of primary amides is 1. The summed E-state index contributed by atoms with van der Waals surface area (Å²) in [4.78, 5) is 34.2. The molecule has 0 unspecified atom stereocenters. The van der Waals surface area contributed by atoms with E-state index in [-0.39, 0.29) is 6.42 Å². The van der Waals surface area contributed by atoms with Crippen molar-refractivity contribution in [2.24, 2.45) is 5.73 Å². The van der Waals surface area contributed by atoms with Gasteiger partial charge in [-0.25, -0.2) is 9.48 Å². The van der Waals surface area contributed by atoms with Crippen LogP contribution in [0.1, 0.15) is 5.56 Å². The lowest BCUT2D eigenvalue weighted by Crippen LogP contribution is -2.37. The number of hydrogen-bond donors (Lipinski definition) is 2. The van der Waals surface area contributed by atoms with Crippen molar-refractivity contribution in [3.8, 4) is 16.9 Å². The first-order valence-electron chi connectivity index (χ1n) is 8.57. The van der Waals surface area contributed by atoms with Crippen molar-refractivity contribution in [2.75, 3.05) is 6.61 Å². The zero-order valence-corrected chi connectivity index (χ0v) is 15.9. The van der Waals surface area contributed by atoms with Crippen LogP contribution in [0.3, 0.4) is 0 Å². The van der Waals surface area contributed by atoms with Crippen molar-refractivity contribution in [3.05, 3.63) is 71.4 Å². The van der Waals surface area contributed by atoms with Crippen LogP contribution >= 0.6 is 11.6 Å². The maximum atomic E-state index is 12.2. The first-order valence-corrected chi connectivity index (χ1v) is 8.95. The van der Waals surface area contributed by atoms with Crippen molar-refractivity contribution in [2.45, 2.75) is 6.42 Å². The number of aromatic nitrogens is 2. The van der Waals surface area contributed by atoms with Gasteiger partial charge >= 0.3 is 12.0 Å². The lowest BCUT2D eigenvalue weighted by molar-refractivity contribution is -0.147. The first-order chi connectivity index (χ1) is 13.9. The van der Waals surface area contributed by atoms with Crippen molar-refractivity contribution < 1.29 is 19.1 Å². The zero-order valence-electron chi connectivity index (χ0n) is 15.2. The third kappa shape index (κ3) is 5.43. The van der Waals surface area contributed by atoms with E-state index < -0.39 is 24.5 Å². The fraction of sp³-hybridized carbons (Fsp3) is 0.100. The Morgan fingerprint density at radius 1 is 1.07 bits per heavy atom. The minimum atomic E-state index is -1.01. The number of nitrogens with one attached hydrogen (secondary N) is 1. The molecular weight excluding hydrogens is 396 g/mol. The Bertz CT molecular complexity index is 1030. The van der Waals surface area contributed by atoms with Crippen molar-refractivity contribution >= 4 is 29.5 Å². The van der Waals surface area contributed by atoms with E-state index >= 15 is 0 Å². The fourth-order valence-electron chi connectivity index (χ4n) is 2.63. The molecule has 29 heavy (non-hydrogen) atoms. The third-order valence-electron chi connectivity index (χ3n) is 3.89. The molecular formula is C20H17ClN4O4. The number of carbonyl (C=O) groups is 3. The molecule has 0 spiro atoms. The normalized spacial score (nSPS) is 10.4. The molecule has 148 valence electrons. The average Bonchev–Trinajstić information content (AvgIpc) is 3.11. The molecule has 0 saturated heterocycles. The molecule has 3 N–H and O–H groups in total. The minimum Gasteiger partial charge on any atom is -0.455 e. The number of nitrogens with zero attached hydrogens (tertiary/aromatic N) is 2. The number of nitrogens with two attached hydrogens (primary N) is 1. The Morgan fingerprint density at radius 2 is 1.76 bits per heavy atom. The Labute approximate surface area is 171 Å². The molecule has 0 radical (unpaired) electrons. The van der Waals surface area contributed by atoms with Gasteiger partial charge in [-0.3, -0.25) is 14.9 Å². The van der Waals surface area contributed by atoms with Gasteiger partial charge in [0.2, 0.25) is 0 Å². The van der Waals surface area contributed by atoms with Crippen molar-refractivity contribution in [3.63, 3.8) is 0 Å². The van der Waals surface area contributed by atoms with Crippen LogP contribution in [0.25, 0.3) is 16.9 Å². The van der Waals surface area contributed by atoms with Crippen molar-refractivity contribution in [1.29, 1.82) is 0 Å². The molecule has 9 heteroatoms. The molecule has 0 atom stereocenters. The van der Waals surface area contributed by atoms with Crippen LogP contribution in [0.5, 0.6) is 0 Å². The Kier molecular flexibility index (Phi) is 6.25. The summed E-state index contributed by atoms with van der Waals surface area (Å²) in [5.74, 6) is -1.45. The Hall–Kier alpha value is -3.65. The van der Waals surface area contributed by atoms with Gasteiger partial charge in [0, 0.05) is 22.3 Å². The molecule has 0 fully saturated rings. The number of benzene rings is 2. The molecule has 0 aliphatic carbocycles. The van der Waals surface area contributed by atoms with Gasteiger partial charge in [0.15, 0.2) is 6.61 Å². The number of amides is 3. The van der Waals surface area contributed by atoms with E-state index in [1.165, 1.54) is 0 Å². The van der Waals surface area contributed by atoms with Gasteiger partial charge in [0.25, 0.3) is 5.91 Å². The summed E-state index contributed by atoms with van der Waals surface area (Å²) >= 11 is 5.96. The van der Waals surface area contributed by atoms with Gasteiger partial charge in [-0.2, -0.15) is 5.10 Å². The van der Waals surface area contributed by atoms with Gasteiger partial charge in [0.1, 0.15) is 0 Å². The molecule has 0 bridgehead atoms. The summed E-state index contributed by atoms with van der Waals surface area (Å²) < 4.78 is 6.58. The summed E-state index contributed by atoms with van der Waals surface area (Å²) in [6.45, 7) is -0.606. The second-order valence-corrected chi connectivity index (χ2v) is 6.48. The SMILES string of the molecule is NC(=O)NC(=O)COC(=O)Cc1cn(-c2ccccc2)nc1-c1ccc(Cl)cc1. The number of rotatable bonds is 6. The standard InChI is InChI=1S/C20H17ClN4O4/c21-15-8-6-13(7-9-15)19-14(10-18(27)29-12-17(26)23-20(22)28)11-25(24-19)16-4-2-1-3-5-16/h1-9,11H,10,12H2,(H3,22,23,26,28). The molecule has 0 aliphatic rings. The van der Waals surface area contributed by atoms with E-state index in [2.05, 4.69) is 5.10 Å². The highest BCUT2D eigenvalue weighted by Gasteiger charge is 2.17. The molecule has 1 heterocycles. The summed E-state index contributed by atoms with van der Waals surface area (Å²) in [5, 5.41) is 7.00. The van der Waals surface area contributed by atoms with E-state index in [4.69, 9.17) is 22.1 Å². The quantitative estimate of drug-likeness (QED) is 0.603. The third-order valence-corrected chi connectivity index (χ3v) is 4.14. The Balaban J connectivity index is 1.83. The number of carbonyl (C=O) groups excluding carboxylic acids is 3. The first kappa shape index (κ1) is 20.1. The van der Waals surface area contributed by atoms with Crippen LogP contribution in [-0.4, -0.2) is 34.3 Å². The molecule has 0 aliphatic heterocycles. The van der Waals surface area contributed by atoms with Crippen LogP contribution in [0.15, 0.2) is 60.8 Å². The number of urea groups is 1. The molecule has 0 saturated carbocycles. The van der Waals surface area contributed by atoms with Gasteiger partial charge in [-0.15, -0.1) is 0 Å². The maximum Gasteiger partial charge on any atom is 0.318 e. The van der Waals surface area contributed by atoms with Gasteiger partial charge < -0.3 is 10.5 Å². The van der Waals surface area contributed by atoms with E-state index in [0.717, 1.165) is 11.3 Å². The second kappa shape index (κ2) is 9.03. The lowest BCUT2D eigenvalue weighted by Gasteiger charge is -2.05. The van der Waals surface area contributed by atoms with Gasteiger partial charge in [-0.1, -0.05) is 41.9 Å². The molecule has 2 aromatic carbocycles. The smallest absolute Gasteiger partial charge is 0.318 e. The lowest BCUT2D eigenvalue weighted by atomic mass is 10.1. The molecule has 3 aromatic rings. The highest BCUT2D eigenvalue weighted by molar-refractivity contribution is 6.30. The molecule has 1 aromatic heterocycles.